The Morgan fingerprint density at radius 2 is 1.00 bits per heavy atom. The lowest BCUT2D eigenvalue weighted by atomic mass is 10.3. The van der Waals surface area contributed by atoms with Gasteiger partial charge in [0.15, 0.2) is 0 Å². The van der Waals surface area contributed by atoms with Crippen molar-refractivity contribution in [1.82, 2.24) is 5.32 Å². The van der Waals surface area contributed by atoms with Crippen molar-refractivity contribution in [2.75, 3.05) is 0 Å². The molecule has 0 saturated carbocycles. The average Bonchev–Trinajstić information content (AvgIpc) is 1.68. The van der Waals surface area contributed by atoms with Gasteiger partial charge in [-0.1, -0.05) is 41.5 Å². The maximum atomic E-state index is 3.31. The van der Waals surface area contributed by atoms with E-state index >= 15 is 0 Å². The molecule has 0 saturated heterocycles. The Kier molecular flexibility index (Phi) is 10.4. The van der Waals surface area contributed by atoms with Gasteiger partial charge in [0.2, 0.25) is 0 Å². The smallest absolute Gasteiger partial charge is 0.00127 e. The highest BCUT2D eigenvalue weighted by atomic mass is 14.9. The van der Waals surface area contributed by atoms with Crippen LogP contribution in [0, 0.1) is 0 Å². The fourth-order valence-electron chi connectivity index (χ4n) is 0.667. The van der Waals surface area contributed by atoms with Gasteiger partial charge in [0.05, 0.1) is 0 Å². The zero-order valence-electron chi connectivity index (χ0n) is 7.65. The minimum Gasteiger partial charge on any atom is -0.312 e. The Morgan fingerprint density at radius 3 is 1.00 bits per heavy atom. The molecule has 0 aliphatic rings. The van der Waals surface area contributed by atoms with Crippen LogP contribution in [0.3, 0.4) is 0 Å². The molecule has 0 aliphatic carbocycles. The average molecular weight is 131 g/mol. The normalized spacial score (nSPS) is 9.33. The fraction of sp³-hybridized carbons (Fsp3) is 1.00. The van der Waals surface area contributed by atoms with Crippen molar-refractivity contribution in [3.05, 3.63) is 0 Å². The van der Waals surface area contributed by atoms with E-state index < -0.39 is 0 Å². The topological polar surface area (TPSA) is 12.0 Å². The summed E-state index contributed by atoms with van der Waals surface area (Å²) in [5, 5.41) is 3.31. The standard InChI is InChI=1S/C6H15N.C2H6/c1-5(2)7-6(3)4;1-2/h5-7H,1-4H3;1-2H3. The van der Waals surface area contributed by atoms with Crippen LogP contribution in [0.15, 0.2) is 0 Å². The highest BCUT2D eigenvalue weighted by Crippen LogP contribution is 1.80. The summed E-state index contributed by atoms with van der Waals surface area (Å²) in [6, 6.07) is 1.25. The highest BCUT2D eigenvalue weighted by molar-refractivity contribution is 4.55. The first-order valence-corrected chi connectivity index (χ1v) is 3.89. The quantitative estimate of drug-likeness (QED) is 0.607. The first-order chi connectivity index (χ1) is 4.13. The summed E-state index contributed by atoms with van der Waals surface area (Å²) in [6.07, 6.45) is 0. The number of rotatable bonds is 2. The van der Waals surface area contributed by atoms with Crippen molar-refractivity contribution in [3.63, 3.8) is 0 Å². The van der Waals surface area contributed by atoms with Crippen LogP contribution in [0.1, 0.15) is 41.5 Å². The molecule has 0 bridgehead atoms. The molecule has 0 unspecified atom stereocenters. The van der Waals surface area contributed by atoms with Gasteiger partial charge in [0.1, 0.15) is 0 Å². The SMILES string of the molecule is CC.CC(C)NC(C)C. The van der Waals surface area contributed by atoms with Gasteiger partial charge in [0.25, 0.3) is 0 Å². The van der Waals surface area contributed by atoms with Gasteiger partial charge in [-0.3, -0.25) is 0 Å². The van der Waals surface area contributed by atoms with E-state index in [-0.39, 0.29) is 0 Å². The molecule has 1 N–H and O–H groups in total. The number of hydrogen-bond donors (Lipinski definition) is 1. The summed E-state index contributed by atoms with van der Waals surface area (Å²) in [4.78, 5) is 0. The van der Waals surface area contributed by atoms with Crippen molar-refractivity contribution < 1.29 is 0 Å². The van der Waals surface area contributed by atoms with Gasteiger partial charge in [-0.2, -0.15) is 0 Å². The minimum absolute atomic E-state index is 0.625. The Balaban J connectivity index is 0. The Bertz CT molecular complexity index is 33.8. The van der Waals surface area contributed by atoms with Crippen LogP contribution < -0.4 is 5.32 Å². The van der Waals surface area contributed by atoms with Gasteiger partial charge in [-0.05, 0) is 0 Å². The summed E-state index contributed by atoms with van der Waals surface area (Å²) in [5.41, 5.74) is 0. The molecule has 0 amide bonds. The second kappa shape index (κ2) is 7.96. The molecular formula is C8H21N. The van der Waals surface area contributed by atoms with Crippen molar-refractivity contribution in [2.24, 2.45) is 0 Å². The largest absolute Gasteiger partial charge is 0.312 e. The monoisotopic (exact) mass is 131 g/mol. The number of nitrogens with one attached hydrogen (secondary N) is 1. The van der Waals surface area contributed by atoms with E-state index in [2.05, 4.69) is 33.0 Å². The zero-order valence-corrected chi connectivity index (χ0v) is 7.65. The molecule has 0 spiro atoms. The third kappa shape index (κ3) is 18.0. The van der Waals surface area contributed by atoms with Crippen LogP contribution in [0.4, 0.5) is 0 Å². The molecule has 1 heteroatoms. The van der Waals surface area contributed by atoms with Crippen LogP contribution in [0.2, 0.25) is 0 Å². The van der Waals surface area contributed by atoms with E-state index in [1.165, 1.54) is 0 Å². The minimum atomic E-state index is 0.625. The second-order valence-corrected chi connectivity index (χ2v) is 2.48. The van der Waals surface area contributed by atoms with Crippen molar-refractivity contribution in [2.45, 2.75) is 53.6 Å². The Morgan fingerprint density at radius 1 is 0.778 bits per heavy atom. The van der Waals surface area contributed by atoms with E-state index in [1.807, 2.05) is 13.8 Å². The predicted molar refractivity (Wildman–Crippen MR) is 44.8 cm³/mol. The Hall–Kier alpha value is -0.0400. The molecular weight excluding hydrogens is 110 g/mol. The molecule has 9 heavy (non-hydrogen) atoms. The van der Waals surface area contributed by atoms with Crippen LogP contribution >= 0.6 is 0 Å². The van der Waals surface area contributed by atoms with E-state index in [0.717, 1.165) is 0 Å². The molecule has 0 aliphatic heterocycles. The lowest BCUT2D eigenvalue weighted by molar-refractivity contribution is 0.518. The maximum absolute atomic E-state index is 3.31. The first-order valence-electron chi connectivity index (χ1n) is 3.89. The van der Waals surface area contributed by atoms with E-state index in [0.29, 0.717) is 12.1 Å². The van der Waals surface area contributed by atoms with Gasteiger partial charge in [-0.15, -0.1) is 0 Å². The number of hydrogen-bond acceptors (Lipinski definition) is 1. The summed E-state index contributed by atoms with van der Waals surface area (Å²) in [5.74, 6) is 0. The van der Waals surface area contributed by atoms with Crippen LogP contribution in [0.25, 0.3) is 0 Å². The molecule has 0 rings (SSSR count). The summed E-state index contributed by atoms with van der Waals surface area (Å²) in [6.45, 7) is 12.6. The van der Waals surface area contributed by atoms with E-state index in [4.69, 9.17) is 0 Å². The maximum Gasteiger partial charge on any atom is 0.00127 e. The van der Waals surface area contributed by atoms with Crippen molar-refractivity contribution >= 4 is 0 Å². The van der Waals surface area contributed by atoms with E-state index in [1.54, 1.807) is 0 Å². The lowest BCUT2D eigenvalue weighted by Gasteiger charge is -2.10. The van der Waals surface area contributed by atoms with E-state index in [9.17, 15) is 0 Å². The third-order valence-corrected chi connectivity index (χ3v) is 0.667. The van der Waals surface area contributed by atoms with Gasteiger partial charge >= 0.3 is 0 Å². The first kappa shape index (κ1) is 11.7. The summed E-state index contributed by atoms with van der Waals surface area (Å²) in [7, 11) is 0. The molecule has 0 aromatic carbocycles. The van der Waals surface area contributed by atoms with Gasteiger partial charge < -0.3 is 5.32 Å². The highest BCUT2D eigenvalue weighted by Gasteiger charge is 1.92. The molecule has 0 atom stereocenters. The molecule has 58 valence electrons. The predicted octanol–water partition coefficient (Wildman–Crippen LogP) is 2.42. The fourth-order valence-corrected chi connectivity index (χ4v) is 0.667. The van der Waals surface area contributed by atoms with Crippen molar-refractivity contribution in [1.29, 1.82) is 0 Å². The van der Waals surface area contributed by atoms with Crippen LogP contribution in [-0.2, 0) is 0 Å². The lowest BCUT2D eigenvalue weighted by Crippen LogP contribution is -2.29. The van der Waals surface area contributed by atoms with Crippen LogP contribution in [0.5, 0.6) is 0 Å². The molecule has 0 aromatic heterocycles. The van der Waals surface area contributed by atoms with Crippen LogP contribution in [-0.4, -0.2) is 12.1 Å². The van der Waals surface area contributed by atoms with Crippen molar-refractivity contribution in [3.8, 4) is 0 Å². The van der Waals surface area contributed by atoms with Gasteiger partial charge in [-0.25, -0.2) is 0 Å². The molecule has 0 heterocycles. The second-order valence-electron chi connectivity index (χ2n) is 2.48. The summed E-state index contributed by atoms with van der Waals surface area (Å²) < 4.78 is 0. The molecule has 1 nitrogen and oxygen atoms in total. The summed E-state index contributed by atoms with van der Waals surface area (Å²) >= 11 is 0. The Labute approximate surface area is 59.8 Å². The molecule has 0 radical (unpaired) electrons. The van der Waals surface area contributed by atoms with Gasteiger partial charge in [0, 0.05) is 12.1 Å². The molecule has 0 aromatic rings. The third-order valence-electron chi connectivity index (χ3n) is 0.667. The molecule has 0 fully saturated rings. The zero-order chi connectivity index (χ0) is 7.86.